The van der Waals surface area contributed by atoms with Crippen molar-refractivity contribution in [2.75, 3.05) is 0 Å². The fraction of sp³-hybridized carbons (Fsp3) is 0.520. The summed E-state index contributed by atoms with van der Waals surface area (Å²) in [6, 6.07) is 1.60. The van der Waals surface area contributed by atoms with Crippen molar-refractivity contribution in [3.05, 3.63) is 33.9 Å². The molecule has 0 bridgehead atoms. The lowest BCUT2D eigenvalue weighted by Gasteiger charge is -2.48. The highest BCUT2D eigenvalue weighted by molar-refractivity contribution is 6.24. The maximum absolute atomic E-state index is 13.6. The molecule has 0 saturated heterocycles. The predicted octanol–water partition coefficient (Wildman–Crippen LogP) is 1.09. The largest absolute Gasteiger partial charge is 0.507 e. The number of benzene rings is 1. The van der Waals surface area contributed by atoms with Crippen molar-refractivity contribution >= 4 is 29.0 Å². The number of Topliss-reactive ketones (excluding diaryl/α,β-unsaturated/α-hetero) is 3. The van der Waals surface area contributed by atoms with E-state index >= 15 is 0 Å². The van der Waals surface area contributed by atoms with E-state index in [9.17, 15) is 39.6 Å². The van der Waals surface area contributed by atoms with Crippen molar-refractivity contribution in [2.45, 2.75) is 64.1 Å². The molecule has 2 saturated carbocycles. The van der Waals surface area contributed by atoms with Crippen LogP contribution < -0.4 is 5.73 Å². The van der Waals surface area contributed by atoms with Crippen LogP contribution in [0.15, 0.2) is 11.6 Å². The maximum Gasteiger partial charge on any atom is 0.230 e. The van der Waals surface area contributed by atoms with E-state index in [4.69, 9.17) is 5.73 Å². The Morgan fingerprint density at radius 3 is 2.29 bits per heavy atom. The summed E-state index contributed by atoms with van der Waals surface area (Å²) in [7, 11) is 0. The molecule has 182 valence electrons. The minimum absolute atomic E-state index is 0.0501. The van der Waals surface area contributed by atoms with Gasteiger partial charge < -0.3 is 26.2 Å². The third kappa shape index (κ3) is 3.14. The summed E-state index contributed by atoms with van der Waals surface area (Å²) >= 11 is 0. The average Bonchev–Trinajstić information content (AvgIpc) is 2.69. The minimum Gasteiger partial charge on any atom is -0.507 e. The van der Waals surface area contributed by atoms with Crippen molar-refractivity contribution in [3.8, 4) is 5.75 Å². The number of aliphatic hydroxyl groups excluding tert-OH is 2. The van der Waals surface area contributed by atoms with Crippen molar-refractivity contribution in [1.29, 1.82) is 0 Å². The van der Waals surface area contributed by atoms with Gasteiger partial charge >= 0.3 is 0 Å². The van der Waals surface area contributed by atoms with Crippen molar-refractivity contribution < 1.29 is 39.6 Å². The van der Waals surface area contributed by atoms with E-state index < -0.39 is 58.1 Å². The monoisotopic (exact) mass is 471 g/mol. The van der Waals surface area contributed by atoms with Gasteiger partial charge in [0.2, 0.25) is 11.7 Å². The SMILES string of the molecule is CC(=O)c1cc(C(C)(C)C)c(O)c2c1C[C@H]1C[C@H]3CC(O)C(C(N)=O)C(=O)[C@@]3(O)C(=O)C1=C2O. The van der Waals surface area contributed by atoms with E-state index in [1.807, 2.05) is 20.8 Å². The molecule has 0 spiro atoms. The maximum atomic E-state index is 13.6. The number of aromatic hydroxyl groups is 1. The lowest BCUT2D eigenvalue weighted by atomic mass is 9.56. The van der Waals surface area contributed by atoms with Crippen LogP contribution in [0.2, 0.25) is 0 Å². The van der Waals surface area contributed by atoms with E-state index in [1.54, 1.807) is 6.07 Å². The lowest BCUT2D eigenvalue weighted by molar-refractivity contribution is -0.174. The van der Waals surface area contributed by atoms with Crippen molar-refractivity contribution in [2.24, 2.45) is 23.5 Å². The second-order valence-corrected chi connectivity index (χ2v) is 10.7. The van der Waals surface area contributed by atoms with Crippen LogP contribution in [0.5, 0.6) is 5.75 Å². The van der Waals surface area contributed by atoms with Gasteiger partial charge in [0.25, 0.3) is 0 Å². The summed E-state index contributed by atoms with van der Waals surface area (Å²) in [5.41, 5.74) is 2.83. The number of phenols is 1. The van der Waals surface area contributed by atoms with Crippen LogP contribution in [0.1, 0.15) is 67.6 Å². The molecule has 0 aromatic heterocycles. The summed E-state index contributed by atoms with van der Waals surface area (Å²) in [5.74, 6) is -7.94. The molecular formula is C25H29NO8. The molecule has 1 aromatic rings. The summed E-state index contributed by atoms with van der Waals surface area (Å²) in [4.78, 5) is 50.9. The lowest BCUT2D eigenvalue weighted by Crippen LogP contribution is -2.66. The summed E-state index contributed by atoms with van der Waals surface area (Å²) in [6.45, 7) is 6.84. The van der Waals surface area contributed by atoms with Crippen LogP contribution in [0, 0.1) is 17.8 Å². The highest BCUT2D eigenvalue weighted by Gasteiger charge is 2.64. The molecule has 0 radical (unpaired) electrons. The van der Waals surface area contributed by atoms with Crippen LogP contribution in [-0.4, -0.2) is 55.4 Å². The number of fused-ring (bicyclic) bond motifs is 3. The molecule has 0 heterocycles. The van der Waals surface area contributed by atoms with Crippen LogP contribution >= 0.6 is 0 Å². The molecule has 4 rings (SSSR count). The number of nitrogens with two attached hydrogens (primary N) is 1. The fourth-order valence-electron chi connectivity index (χ4n) is 5.88. The van der Waals surface area contributed by atoms with Gasteiger partial charge in [0, 0.05) is 22.6 Å². The Morgan fingerprint density at radius 2 is 1.76 bits per heavy atom. The zero-order valence-electron chi connectivity index (χ0n) is 19.5. The molecule has 0 aliphatic heterocycles. The molecular weight excluding hydrogens is 442 g/mol. The predicted molar refractivity (Wildman–Crippen MR) is 120 cm³/mol. The average molecular weight is 472 g/mol. The van der Waals surface area contributed by atoms with Crippen molar-refractivity contribution in [1.82, 2.24) is 0 Å². The summed E-state index contributed by atoms with van der Waals surface area (Å²) in [6.07, 6.45) is -1.48. The van der Waals surface area contributed by atoms with E-state index in [0.29, 0.717) is 16.7 Å². The number of rotatable bonds is 2. The molecule has 34 heavy (non-hydrogen) atoms. The molecule has 2 unspecified atom stereocenters. The zero-order chi connectivity index (χ0) is 25.5. The van der Waals surface area contributed by atoms with Gasteiger partial charge in [-0.15, -0.1) is 0 Å². The van der Waals surface area contributed by atoms with E-state index in [-0.39, 0.29) is 41.9 Å². The number of ketones is 3. The second kappa shape index (κ2) is 7.48. The molecule has 3 aliphatic rings. The minimum atomic E-state index is -2.63. The first-order valence-corrected chi connectivity index (χ1v) is 11.2. The van der Waals surface area contributed by atoms with Gasteiger partial charge in [0.05, 0.1) is 11.7 Å². The first-order chi connectivity index (χ1) is 15.6. The quantitative estimate of drug-likeness (QED) is 0.314. The number of hydrogen-bond acceptors (Lipinski definition) is 8. The molecule has 9 heteroatoms. The fourth-order valence-corrected chi connectivity index (χ4v) is 5.88. The Balaban J connectivity index is 1.96. The third-order valence-electron chi connectivity index (χ3n) is 7.57. The number of carbonyl (C=O) groups is 4. The Labute approximate surface area is 196 Å². The molecule has 6 N–H and O–H groups in total. The van der Waals surface area contributed by atoms with Gasteiger partial charge in [-0.3, -0.25) is 19.2 Å². The number of amides is 1. The van der Waals surface area contributed by atoms with Gasteiger partial charge in [0.15, 0.2) is 17.2 Å². The van der Waals surface area contributed by atoms with Gasteiger partial charge in [-0.2, -0.15) is 0 Å². The highest BCUT2D eigenvalue weighted by Crippen LogP contribution is 2.53. The highest BCUT2D eigenvalue weighted by atomic mass is 16.3. The Kier molecular flexibility index (Phi) is 5.30. The van der Waals surface area contributed by atoms with E-state index in [2.05, 4.69) is 0 Å². The number of phenolic OH excluding ortho intramolecular Hbond substituents is 1. The molecule has 3 aliphatic carbocycles. The van der Waals surface area contributed by atoms with Gasteiger partial charge in [-0.05, 0) is 49.1 Å². The Bertz CT molecular complexity index is 1190. The number of hydrogen-bond donors (Lipinski definition) is 5. The Hall–Kier alpha value is -3.04. The zero-order valence-corrected chi connectivity index (χ0v) is 19.5. The first kappa shape index (κ1) is 24.1. The van der Waals surface area contributed by atoms with Crippen LogP contribution in [-0.2, 0) is 26.2 Å². The number of aliphatic hydroxyl groups is 3. The molecule has 1 aromatic carbocycles. The van der Waals surface area contributed by atoms with Crippen LogP contribution in [0.3, 0.4) is 0 Å². The number of primary amides is 1. The van der Waals surface area contributed by atoms with Gasteiger partial charge in [-0.1, -0.05) is 20.8 Å². The van der Waals surface area contributed by atoms with Gasteiger partial charge in [0.1, 0.15) is 17.4 Å². The van der Waals surface area contributed by atoms with Gasteiger partial charge in [-0.25, -0.2) is 0 Å². The topological polar surface area (TPSA) is 175 Å². The number of carbonyl (C=O) groups excluding carboxylic acids is 4. The molecule has 1 amide bonds. The molecule has 5 atom stereocenters. The van der Waals surface area contributed by atoms with Crippen LogP contribution in [0.25, 0.3) is 5.76 Å². The summed E-state index contributed by atoms with van der Waals surface area (Å²) in [5, 5.41) is 43.9. The smallest absolute Gasteiger partial charge is 0.230 e. The van der Waals surface area contributed by atoms with E-state index in [1.165, 1.54) is 6.92 Å². The molecule has 9 nitrogen and oxygen atoms in total. The normalized spacial score (nSPS) is 31.0. The first-order valence-electron chi connectivity index (χ1n) is 11.2. The molecule has 2 fully saturated rings. The summed E-state index contributed by atoms with van der Waals surface area (Å²) < 4.78 is 0. The van der Waals surface area contributed by atoms with E-state index in [0.717, 1.165) is 0 Å². The Morgan fingerprint density at radius 1 is 1.15 bits per heavy atom. The second-order valence-electron chi connectivity index (χ2n) is 10.7. The van der Waals surface area contributed by atoms with Crippen LogP contribution in [0.4, 0.5) is 0 Å². The van der Waals surface area contributed by atoms with Crippen molar-refractivity contribution in [3.63, 3.8) is 0 Å². The standard InChI is InChI=1S/C25H29NO8/c1-9(27)12-8-14(24(2,3)4)19(29)17-13(12)6-10-5-11-7-15(28)18(23(26)33)22(32)25(11,34)21(31)16(10)20(17)30/h8,10-11,15,18,28-30,34H,5-7H2,1-4H3,(H2,26,33)/t10-,11+,15?,18?,25+/m1/s1. The third-order valence-corrected chi connectivity index (χ3v) is 7.57.